The third-order valence-electron chi connectivity index (χ3n) is 13.7. The summed E-state index contributed by atoms with van der Waals surface area (Å²) in [5.41, 5.74) is 21.5. The quantitative estimate of drug-likeness (QED) is 0.144. The SMILES string of the molecule is c1ccc(-c2cccc(-n3c4ccc(-c5ccc(-c6ccc7c(c6)c6ccccc6n7-c6ccc(-c7ccccc7)cc6-c6ccccc6)cc5)cc4c4c(-c5ccccc5)cccc43)c2)cc1. The van der Waals surface area contributed by atoms with Gasteiger partial charge in [0, 0.05) is 32.8 Å². The Morgan fingerprint density at radius 3 is 1.28 bits per heavy atom. The Balaban J connectivity index is 0.909. The third-order valence-corrected chi connectivity index (χ3v) is 13.7. The molecule has 0 saturated heterocycles. The number of para-hydroxylation sites is 1. The molecule has 0 amide bonds. The molecule has 0 saturated carbocycles. The summed E-state index contributed by atoms with van der Waals surface area (Å²) in [7, 11) is 0. The fraction of sp³-hybridized carbons (Fsp3) is 0. The van der Waals surface area contributed by atoms with Crippen LogP contribution in [0.1, 0.15) is 0 Å². The molecule has 0 unspecified atom stereocenters. The van der Waals surface area contributed by atoms with Gasteiger partial charge in [0.25, 0.3) is 0 Å². The summed E-state index contributed by atoms with van der Waals surface area (Å²) >= 11 is 0. The van der Waals surface area contributed by atoms with Crippen molar-refractivity contribution >= 4 is 43.6 Å². The minimum atomic E-state index is 1.14. The van der Waals surface area contributed by atoms with Crippen molar-refractivity contribution in [1.29, 1.82) is 0 Å². The maximum Gasteiger partial charge on any atom is 0.0547 e. The zero-order valence-corrected chi connectivity index (χ0v) is 37.3. The summed E-state index contributed by atoms with van der Waals surface area (Å²) in [4.78, 5) is 0. The minimum absolute atomic E-state index is 1.14. The van der Waals surface area contributed by atoms with Crippen LogP contribution in [0.15, 0.2) is 267 Å². The molecule has 2 nitrogen and oxygen atoms in total. The summed E-state index contributed by atoms with van der Waals surface area (Å²) in [6, 6.07) is 97.3. The lowest BCUT2D eigenvalue weighted by molar-refractivity contribution is 1.18. The van der Waals surface area contributed by atoms with Gasteiger partial charge in [-0.2, -0.15) is 0 Å². The summed E-state index contributed by atoms with van der Waals surface area (Å²) in [5.74, 6) is 0. The summed E-state index contributed by atoms with van der Waals surface area (Å²) in [6.07, 6.45) is 0. The fourth-order valence-electron chi connectivity index (χ4n) is 10.5. The number of benzene rings is 11. The second-order valence-electron chi connectivity index (χ2n) is 17.7. The first-order valence-electron chi connectivity index (χ1n) is 23.4. The lowest BCUT2D eigenvalue weighted by Gasteiger charge is -2.16. The Morgan fingerprint density at radius 1 is 0.206 bits per heavy atom. The molecule has 318 valence electrons. The Labute approximate surface area is 395 Å². The largest absolute Gasteiger partial charge is 0.309 e. The molecule has 0 atom stereocenters. The van der Waals surface area contributed by atoms with Crippen molar-refractivity contribution in [2.75, 3.05) is 0 Å². The van der Waals surface area contributed by atoms with Crippen molar-refractivity contribution in [3.8, 4) is 78.1 Å². The molecule has 2 heteroatoms. The van der Waals surface area contributed by atoms with E-state index in [0.29, 0.717) is 0 Å². The maximum absolute atomic E-state index is 2.45. The van der Waals surface area contributed by atoms with Crippen molar-refractivity contribution in [1.82, 2.24) is 9.13 Å². The number of fused-ring (bicyclic) bond motifs is 6. The van der Waals surface area contributed by atoms with E-state index < -0.39 is 0 Å². The van der Waals surface area contributed by atoms with E-state index >= 15 is 0 Å². The Bertz CT molecular complexity index is 3980. The van der Waals surface area contributed by atoms with E-state index in [4.69, 9.17) is 0 Å². The van der Waals surface area contributed by atoms with Gasteiger partial charge in [0.1, 0.15) is 0 Å². The van der Waals surface area contributed by atoms with Gasteiger partial charge in [-0.3, -0.25) is 0 Å². The van der Waals surface area contributed by atoms with E-state index in [9.17, 15) is 0 Å². The average molecular weight is 865 g/mol. The Morgan fingerprint density at radius 2 is 0.632 bits per heavy atom. The number of hydrogen-bond donors (Lipinski definition) is 0. The van der Waals surface area contributed by atoms with E-state index in [2.05, 4.69) is 276 Å². The van der Waals surface area contributed by atoms with Crippen LogP contribution >= 0.6 is 0 Å². The van der Waals surface area contributed by atoms with Crippen LogP contribution in [-0.4, -0.2) is 9.13 Å². The maximum atomic E-state index is 2.45. The highest BCUT2D eigenvalue weighted by Gasteiger charge is 2.20. The molecule has 0 aliphatic heterocycles. The number of aromatic nitrogens is 2. The minimum Gasteiger partial charge on any atom is -0.309 e. The average Bonchev–Trinajstić information content (AvgIpc) is 3.94. The molecule has 0 spiro atoms. The normalized spacial score (nSPS) is 11.5. The lowest BCUT2D eigenvalue weighted by Crippen LogP contribution is -1.98. The zero-order chi connectivity index (χ0) is 45.0. The van der Waals surface area contributed by atoms with E-state index in [1.165, 1.54) is 110 Å². The molecule has 0 aliphatic carbocycles. The van der Waals surface area contributed by atoms with Gasteiger partial charge in [0.15, 0.2) is 0 Å². The second kappa shape index (κ2) is 16.5. The number of hydrogen-bond acceptors (Lipinski definition) is 0. The molecule has 2 aromatic heterocycles. The van der Waals surface area contributed by atoms with Crippen molar-refractivity contribution < 1.29 is 0 Å². The molecule has 0 aliphatic rings. The zero-order valence-electron chi connectivity index (χ0n) is 37.3. The lowest BCUT2D eigenvalue weighted by atomic mass is 9.96. The summed E-state index contributed by atoms with van der Waals surface area (Å²) < 4.78 is 4.89. The van der Waals surface area contributed by atoms with Crippen molar-refractivity contribution in [3.05, 3.63) is 267 Å². The van der Waals surface area contributed by atoms with Gasteiger partial charge < -0.3 is 9.13 Å². The molecule has 13 rings (SSSR count). The summed E-state index contributed by atoms with van der Waals surface area (Å²) in [6.45, 7) is 0. The van der Waals surface area contributed by atoms with Crippen LogP contribution in [0.4, 0.5) is 0 Å². The second-order valence-corrected chi connectivity index (χ2v) is 17.7. The highest BCUT2D eigenvalue weighted by molar-refractivity contribution is 6.17. The number of nitrogens with zero attached hydrogens (tertiary/aromatic N) is 2. The van der Waals surface area contributed by atoms with Crippen LogP contribution in [-0.2, 0) is 0 Å². The van der Waals surface area contributed by atoms with E-state index in [0.717, 1.165) is 11.4 Å². The van der Waals surface area contributed by atoms with Crippen molar-refractivity contribution in [3.63, 3.8) is 0 Å². The van der Waals surface area contributed by atoms with E-state index in [1.54, 1.807) is 0 Å². The van der Waals surface area contributed by atoms with Crippen molar-refractivity contribution in [2.24, 2.45) is 0 Å². The first-order chi connectivity index (χ1) is 33.7. The van der Waals surface area contributed by atoms with Gasteiger partial charge in [-0.05, 0) is 122 Å². The molecular formula is C66H44N2. The van der Waals surface area contributed by atoms with Crippen LogP contribution in [0, 0.1) is 0 Å². The molecule has 68 heavy (non-hydrogen) atoms. The standard InChI is InChI=1S/C66H44N2/c1-5-17-45(18-6-1)51-25-15-26-55(41-51)67-64-40-37-54(44-60(64)66-56(28-16-30-65(66)67)49-21-9-3-10-22-49)48-33-31-47(32-34-48)53-36-39-63-59(43-53)57-27-13-14-29-61(57)68(63)62-38-35-52(46-19-7-2-8-20-46)42-58(62)50-23-11-4-12-24-50/h1-44H. The monoisotopic (exact) mass is 864 g/mol. The van der Waals surface area contributed by atoms with Gasteiger partial charge >= 0.3 is 0 Å². The Kier molecular flexibility index (Phi) is 9.54. The molecule has 0 radical (unpaired) electrons. The third kappa shape index (κ3) is 6.73. The topological polar surface area (TPSA) is 9.86 Å². The smallest absolute Gasteiger partial charge is 0.0547 e. The van der Waals surface area contributed by atoms with Crippen LogP contribution < -0.4 is 0 Å². The fourth-order valence-corrected chi connectivity index (χ4v) is 10.5. The van der Waals surface area contributed by atoms with Crippen LogP contribution in [0.3, 0.4) is 0 Å². The van der Waals surface area contributed by atoms with E-state index in [-0.39, 0.29) is 0 Å². The molecule has 0 fully saturated rings. The van der Waals surface area contributed by atoms with Gasteiger partial charge in [0.05, 0.1) is 27.8 Å². The van der Waals surface area contributed by atoms with Gasteiger partial charge in [-0.25, -0.2) is 0 Å². The highest BCUT2D eigenvalue weighted by Crippen LogP contribution is 2.43. The molecule has 11 aromatic carbocycles. The first kappa shape index (κ1) is 39.4. The Hall–Kier alpha value is -8.98. The van der Waals surface area contributed by atoms with Gasteiger partial charge in [0.2, 0.25) is 0 Å². The highest BCUT2D eigenvalue weighted by atomic mass is 15.0. The molecule has 0 N–H and O–H groups in total. The van der Waals surface area contributed by atoms with Crippen LogP contribution in [0.5, 0.6) is 0 Å². The predicted molar refractivity (Wildman–Crippen MR) is 288 cm³/mol. The van der Waals surface area contributed by atoms with E-state index in [1.807, 2.05) is 0 Å². The molecule has 0 bridgehead atoms. The first-order valence-corrected chi connectivity index (χ1v) is 23.4. The van der Waals surface area contributed by atoms with Gasteiger partial charge in [-0.15, -0.1) is 0 Å². The molecular weight excluding hydrogens is 821 g/mol. The molecule has 2 heterocycles. The molecule has 13 aromatic rings. The van der Waals surface area contributed by atoms with Gasteiger partial charge in [-0.1, -0.05) is 206 Å². The van der Waals surface area contributed by atoms with Crippen molar-refractivity contribution in [2.45, 2.75) is 0 Å². The van der Waals surface area contributed by atoms with Crippen LogP contribution in [0.25, 0.3) is 122 Å². The number of rotatable bonds is 8. The van der Waals surface area contributed by atoms with Crippen LogP contribution in [0.2, 0.25) is 0 Å². The predicted octanol–water partition coefficient (Wildman–Crippen LogP) is 17.9. The summed E-state index contributed by atoms with van der Waals surface area (Å²) in [5, 5.41) is 4.96.